The highest BCUT2D eigenvalue weighted by atomic mass is 32.2. The number of rotatable bonds is 7. The second-order valence-electron chi connectivity index (χ2n) is 7.45. The summed E-state index contributed by atoms with van der Waals surface area (Å²) in [5, 5.41) is 0. The molecule has 2 aromatic heterocycles. The van der Waals surface area contributed by atoms with Crippen molar-refractivity contribution in [3.63, 3.8) is 0 Å². The first kappa shape index (κ1) is 23.0. The topological polar surface area (TPSA) is 134 Å². The van der Waals surface area contributed by atoms with Crippen molar-refractivity contribution in [3.8, 4) is 0 Å². The third kappa shape index (κ3) is 4.35. The molecule has 4 aromatic rings. The van der Waals surface area contributed by atoms with Crippen molar-refractivity contribution in [2.45, 2.75) is 11.4 Å². The van der Waals surface area contributed by atoms with Crippen molar-refractivity contribution in [3.05, 3.63) is 87.3 Å². The minimum Gasteiger partial charge on any atom is -0.460 e. The molecule has 2 aromatic carbocycles. The summed E-state index contributed by atoms with van der Waals surface area (Å²) in [7, 11) is -0.916. The van der Waals surface area contributed by atoms with Crippen LogP contribution in [-0.4, -0.2) is 39.7 Å². The molecule has 1 N–H and O–H groups in total. The van der Waals surface area contributed by atoms with Gasteiger partial charge in [0.25, 0.3) is 15.6 Å². The normalized spacial score (nSPS) is 11.5. The number of aryl methyl sites for hydroxylation is 1. The van der Waals surface area contributed by atoms with Gasteiger partial charge in [0.1, 0.15) is 6.61 Å². The fourth-order valence-electron chi connectivity index (χ4n) is 3.41. The largest absolute Gasteiger partial charge is 0.460 e. The summed E-state index contributed by atoms with van der Waals surface area (Å²) >= 11 is 0. The number of esters is 1. The number of ether oxygens (including phenoxy) is 1. The van der Waals surface area contributed by atoms with E-state index >= 15 is 0 Å². The minimum atomic E-state index is -3.81. The van der Waals surface area contributed by atoms with Crippen molar-refractivity contribution in [2.75, 3.05) is 11.3 Å². The van der Waals surface area contributed by atoms with Gasteiger partial charge in [-0.3, -0.25) is 18.7 Å². The predicted octanol–water partition coefficient (Wildman–Crippen LogP) is 1.09. The Morgan fingerprint density at radius 3 is 2.50 bits per heavy atom. The molecule has 0 radical (unpaired) electrons. The quantitative estimate of drug-likeness (QED) is 0.389. The van der Waals surface area contributed by atoms with Crippen molar-refractivity contribution < 1.29 is 17.9 Å². The molecule has 176 valence electrons. The first-order valence-corrected chi connectivity index (χ1v) is 11.6. The maximum Gasteiger partial charge on any atom is 0.338 e. The third-order valence-electron chi connectivity index (χ3n) is 5.19. The molecule has 2 heterocycles. The molecule has 0 spiro atoms. The molecule has 0 aliphatic carbocycles. The standard InChI is InChI=1S/C22H21N5O6S/c1-25-19-18(20(28)26(2)22(25)30)27(14-23-19)11-12-33-21(29)15-7-6-8-16(13-15)24-34(31,32)17-9-4-3-5-10-17/h3-10,13-14,24H,11-12H2,1-2H3. The van der Waals surface area contributed by atoms with E-state index in [2.05, 4.69) is 9.71 Å². The summed E-state index contributed by atoms with van der Waals surface area (Å²) in [6.07, 6.45) is 1.40. The number of hydrogen-bond donors (Lipinski definition) is 1. The van der Waals surface area contributed by atoms with Gasteiger partial charge in [-0.25, -0.2) is 23.0 Å². The third-order valence-corrected chi connectivity index (χ3v) is 6.58. The lowest BCUT2D eigenvalue weighted by molar-refractivity contribution is 0.0492. The van der Waals surface area contributed by atoms with E-state index in [-0.39, 0.29) is 40.5 Å². The van der Waals surface area contributed by atoms with Crippen LogP contribution in [0.1, 0.15) is 10.4 Å². The zero-order chi connectivity index (χ0) is 24.5. The monoisotopic (exact) mass is 483 g/mol. The molecule has 0 saturated carbocycles. The lowest BCUT2D eigenvalue weighted by atomic mass is 10.2. The van der Waals surface area contributed by atoms with Gasteiger partial charge in [0.2, 0.25) is 0 Å². The fraction of sp³-hybridized carbons (Fsp3) is 0.182. The van der Waals surface area contributed by atoms with Crippen LogP contribution >= 0.6 is 0 Å². The molecule has 4 rings (SSSR count). The van der Waals surface area contributed by atoms with E-state index in [1.165, 1.54) is 66.0 Å². The lowest BCUT2D eigenvalue weighted by Crippen LogP contribution is -2.37. The van der Waals surface area contributed by atoms with Crippen LogP contribution in [-0.2, 0) is 35.4 Å². The van der Waals surface area contributed by atoms with Crippen LogP contribution in [0.5, 0.6) is 0 Å². The van der Waals surface area contributed by atoms with Gasteiger partial charge in [0, 0.05) is 19.8 Å². The number of hydrogen-bond acceptors (Lipinski definition) is 7. The summed E-state index contributed by atoms with van der Waals surface area (Å²) in [6.45, 7) is 0.0618. The van der Waals surface area contributed by atoms with Gasteiger partial charge >= 0.3 is 11.7 Å². The van der Waals surface area contributed by atoms with Crippen molar-refractivity contribution in [1.29, 1.82) is 0 Å². The molecule has 0 atom stereocenters. The highest BCUT2D eigenvalue weighted by Crippen LogP contribution is 2.17. The Hall–Kier alpha value is -4.19. The summed E-state index contributed by atoms with van der Waals surface area (Å²) < 4.78 is 36.5. The summed E-state index contributed by atoms with van der Waals surface area (Å²) in [6, 6.07) is 13.8. The van der Waals surface area contributed by atoms with Crippen LogP contribution in [0.3, 0.4) is 0 Å². The molecule has 0 aliphatic heterocycles. The van der Waals surface area contributed by atoms with Crippen molar-refractivity contribution in [1.82, 2.24) is 18.7 Å². The number of benzene rings is 2. The highest BCUT2D eigenvalue weighted by molar-refractivity contribution is 7.92. The summed E-state index contributed by atoms with van der Waals surface area (Å²) in [5.74, 6) is -0.662. The van der Waals surface area contributed by atoms with E-state index in [4.69, 9.17) is 4.74 Å². The van der Waals surface area contributed by atoms with Crippen LogP contribution in [0.15, 0.2) is 75.4 Å². The lowest BCUT2D eigenvalue weighted by Gasteiger charge is -2.10. The summed E-state index contributed by atoms with van der Waals surface area (Å²) in [4.78, 5) is 41.2. The minimum absolute atomic E-state index is 0.0732. The van der Waals surface area contributed by atoms with E-state index in [1.807, 2.05) is 0 Å². The maximum atomic E-state index is 12.5. The zero-order valence-electron chi connectivity index (χ0n) is 18.3. The second-order valence-corrected chi connectivity index (χ2v) is 9.13. The molecule has 0 aliphatic rings. The van der Waals surface area contributed by atoms with Gasteiger partial charge in [-0.1, -0.05) is 24.3 Å². The summed E-state index contributed by atoms with van der Waals surface area (Å²) in [5.41, 5.74) is -0.168. The van der Waals surface area contributed by atoms with Crippen LogP contribution in [0.2, 0.25) is 0 Å². The van der Waals surface area contributed by atoms with Crippen LogP contribution in [0.4, 0.5) is 5.69 Å². The average molecular weight is 484 g/mol. The number of nitrogens with zero attached hydrogens (tertiary/aromatic N) is 4. The Labute approximate surface area is 193 Å². The Balaban J connectivity index is 1.46. The van der Waals surface area contributed by atoms with Gasteiger partial charge < -0.3 is 9.30 Å². The van der Waals surface area contributed by atoms with E-state index < -0.39 is 27.2 Å². The van der Waals surface area contributed by atoms with Gasteiger partial charge in [-0.15, -0.1) is 0 Å². The van der Waals surface area contributed by atoms with Crippen LogP contribution in [0.25, 0.3) is 11.2 Å². The van der Waals surface area contributed by atoms with Gasteiger partial charge in [-0.2, -0.15) is 0 Å². The number of carbonyl (C=O) groups excluding carboxylic acids is 1. The number of aromatic nitrogens is 4. The molecular weight excluding hydrogens is 462 g/mol. The molecule has 12 heteroatoms. The number of fused-ring (bicyclic) bond motifs is 1. The zero-order valence-corrected chi connectivity index (χ0v) is 19.2. The molecule has 0 unspecified atom stereocenters. The van der Waals surface area contributed by atoms with Crippen molar-refractivity contribution in [2.24, 2.45) is 14.1 Å². The molecule has 0 fully saturated rings. The first-order valence-electron chi connectivity index (χ1n) is 10.1. The Morgan fingerprint density at radius 2 is 1.76 bits per heavy atom. The SMILES string of the molecule is Cn1c(=O)c2c(ncn2CCOC(=O)c2cccc(NS(=O)(=O)c3ccccc3)c2)n(C)c1=O. The highest BCUT2D eigenvalue weighted by Gasteiger charge is 2.16. The molecular formula is C22H21N5O6S. The number of sulfonamides is 1. The van der Waals surface area contributed by atoms with Crippen LogP contribution < -0.4 is 16.0 Å². The molecule has 0 bridgehead atoms. The van der Waals surface area contributed by atoms with Gasteiger partial charge in [0.15, 0.2) is 11.2 Å². The van der Waals surface area contributed by atoms with Gasteiger partial charge in [-0.05, 0) is 30.3 Å². The van der Waals surface area contributed by atoms with E-state index in [9.17, 15) is 22.8 Å². The van der Waals surface area contributed by atoms with Crippen LogP contribution in [0, 0.1) is 0 Å². The number of anilines is 1. The Morgan fingerprint density at radius 1 is 1.03 bits per heavy atom. The van der Waals surface area contributed by atoms with Gasteiger partial charge in [0.05, 0.1) is 23.3 Å². The Kier molecular flexibility index (Phi) is 6.07. The number of imidazole rings is 1. The van der Waals surface area contributed by atoms with E-state index in [0.29, 0.717) is 0 Å². The fourth-order valence-corrected chi connectivity index (χ4v) is 4.48. The predicted molar refractivity (Wildman–Crippen MR) is 124 cm³/mol. The smallest absolute Gasteiger partial charge is 0.338 e. The van der Waals surface area contributed by atoms with E-state index in [1.54, 1.807) is 18.2 Å². The Bertz CT molecular complexity index is 1600. The molecule has 0 saturated heterocycles. The molecule has 11 nitrogen and oxygen atoms in total. The number of carbonyl (C=O) groups is 1. The maximum absolute atomic E-state index is 12.5. The van der Waals surface area contributed by atoms with E-state index in [0.717, 1.165) is 4.57 Å². The number of nitrogens with one attached hydrogen (secondary N) is 1. The molecule has 0 amide bonds. The van der Waals surface area contributed by atoms with Crippen molar-refractivity contribution >= 4 is 32.8 Å². The average Bonchev–Trinajstić information content (AvgIpc) is 3.26. The first-order chi connectivity index (χ1) is 16.2. The second kappa shape index (κ2) is 8.98. The molecule has 34 heavy (non-hydrogen) atoms.